The maximum Gasteiger partial charge on any atom is 0.417 e. The Labute approximate surface area is 173 Å². The van der Waals surface area contributed by atoms with Crippen molar-refractivity contribution in [3.8, 4) is 17.4 Å². The number of aromatic nitrogens is 1. The predicted molar refractivity (Wildman–Crippen MR) is 100 cm³/mol. The normalized spacial score (nSPS) is 11.9. The van der Waals surface area contributed by atoms with Crippen molar-refractivity contribution in [2.24, 2.45) is 0 Å². The summed E-state index contributed by atoms with van der Waals surface area (Å²) in [6.45, 7) is 0. The summed E-state index contributed by atoms with van der Waals surface area (Å²) in [4.78, 5) is 3.33. The first-order valence-electron chi connectivity index (χ1n) is 7.76. The molecule has 0 atom stereocenters. The Balaban J connectivity index is 1.83. The highest BCUT2D eigenvalue weighted by atomic mass is 35.5. The van der Waals surface area contributed by atoms with Gasteiger partial charge in [-0.1, -0.05) is 41.4 Å². The van der Waals surface area contributed by atoms with Crippen molar-refractivity contribution in [3.05, 3.63) is 76.4 Å². The summed E-state index contributed by atoms with van der Waals surface area (Å²) in [5, 5.41) is -0.379. The van der Waals surface area contributed by atoms with E-state index in [4.69, 9.17) is 32.1 Å². The van der Waals surface area contributed by atoms with E-state index < -0.39 is 21.9 Å². The molecule has 0 saturated carbocycles. The molecule has 1 aromatic heterocycles. The van der Waals surface area contributed by atoms with Crippen LogP contribution in [0.5, 0.6) is 17.4 Å². The molecule has 11 heteroatoms. The maximum absolute atomic E-state index is 12.7. The van der Waals surface area contributed by atoms with Crippen molar-refractivity contribution in [1.29, 1.82) is 0 Å². The van der Waals surface area contributed by atoms with Crippen LogP contribution in [-0.2, 0) is 16.3 Å². The first-order valence-corrected chi connectivity index (χ1v) is 9.92. The topological polar surface area (TPSA) is 65.5 Å². The van der Waals surface area contributed by atoms with Gasteiger partial charge in [0.25, 0.3) is 0 Å². The van der Waals surface area contributed by atoms with E-state index in [9.17, 15) is 21.6 Å². The molecule has 3 aromatic rings. The van der Waals surface area contributed by atoms with Crippen molar-refractivity contribution in [2.45, 2.75) is 11.1 Å². The minimum atomic E-state index is -4.60. The number of hydrogen-bond acceptors (Lipinski definition) is 5. The number of halogens is 5. The van der Waals surface area contributed by atoms with Gasteiger partial charge in [-0.15, -0.1) is 0 Å². The number of rotatable bonds is 5. The molecule has 0 amide bonds. The zero-order valence-corrected chi connectivity index (χ0v) is 16.5. The van der Waals surface area contributed by atoms with Gasteiger partial charge >= 0.3 is 16.3 Å². The third-order valence-corrected chi connectivity index (χ3v) is 5.49. The zero-order chi connectivity index (χ0) is 21.2. The van der Waals surface area contributed by atoms with Crippen molar-refractivity contribution >= 4 is 33.3 Å². The van der Waals surface area contributed by atoms with Crippen LogP contribution in [0.15, 0.2) is 65.7 Å². The Morgan fingerprint density at radius 3 is 2.24 bits per heavy atom. The average Bonchev–Trinajstić information content (AvgIpc) is 2.62. The molecule has 0 aliphatic rings. The van der Waals surface area contributed by atoms with Crippen LogP contribution in [0.4, 0.5) is 13.2 Å². The van der Waals surface area contributed by atoms with Gasteiger partial charge in [0.2, 0.25) is 5.88 Å². The van der Waals surface area contributed by atoms with E-state index in [0.29, 0.717) is 12.3 Å². The fraction of sp³-hybridized carbons (Fsp3) is 0.0556. The van der Waals surface area contributed by atoms with Crippen molar-refractivity contribution in [3.63, 3.8) is 0 Å². The molecule has 5 nitrogen and oxygen atoms in total. The van der Waals surface area contributed by atoms with Crippen LogP contribution in [0.1, 0.15) is 5.56 Å². The number of ether oxygens (including phenoxy) is 1. The van der Waals surface area contributed by atoms with E-state index in [1.807, 2.05) is 0 Å². The first-order chi connectivity index (χ1) is 13.6. The summed E-state index contributed by atoms with van der Waals surface area (Å²) in [6.07, 6.45) is -4.03. The number of benzene rings is 2. The summed E-state index contributed by atoms with van der Waals surface area (Å²) >= 11 is 11.7. The van der Waals surface area contributed by atoms with E-state index in [1.165, 1.54) is 42.5 Å². The van der Waals surface area contributed by atoms with Crippen molar-refractivity contribution < 1.29 is 30.5 Å². The predicted octanol–water partition coefficient (Wildman–Crippen LogP) is 5.97. The van der Waals surface area contributed by atoms with E-state index >= 15 is 0 Å². The molecule has 29 heavy (non-hydrogen) atoms. The molecule has 0 saturated heterocycles. The van der Waals surface area contributed by atoms with Gasteiger partial charge in [-0.2, -0.15) is 21.6 Å². The van der Waals surface area contributed by atoms with Crippen LogP contribution >= 0.6 is 23.2 Å². The SMILES string of the molecule is O=S(=O)(Oc1cccc(Oc2ncc(C(F)(F)F)cc2Cl)c1)c1ccccc1Cl. The number of nitrogens with zero attached hydrogens (tertiary/aromatic N) is 1. The van der Waals surface area contributed by atoms with Crippen molar-refractivity contribution in [1.82, 2.24) is 4.98 Å². The lowest BCUT2D eigenvalue weighted by atomic mass is 10.3. The van der Waals surface area contributed by atoms with Gasteiger partial charge in [0.1, 0.15) is 21.4 Å². The van der Waals surface area contributed by atoms with Gasteiger partial charge in [-0.25, -0.2) is 4.98 Å². The van der Waals surface area contributed by atoms with E-state index in [2.05, 4.69) is 4.98 Å². The lowest BCUT2D eigenvalue weighted by Crippen LogP contribution is -2.10. The second-order valence-electron chi connectivity index (χ2n) is 5.55. The molecule has 2 aromatic carbocycles. The van der Waals surface area contributed by atoms with Crippen molar-refractivity contribution in [2.75, 3.05) is 0 Å². The van der Waals surface area contributed by atoms with Crippen LogP contribution in [-0.4, -0.2) is 13.4 Å². The van der Waals surface area contributed by atoms with Gasteiger partial charge in [0, 0.05) is 12.3 Å². The summed E-state index contributed by atoms with van der Waals surface area (Å²) in [5.41, 5.74) is -1.03. The summed E-state index contributed by atoms with van der Waals surface area (Å²) < 4.78 is 73.2. The molecule has 0 aliphatic heterocycles. The highest BCUT2D eigenvalue weighted by molar-refractivity contribution is 7.87. The summed E-state index contributed by atoms with van der Waals surface area (Å²) in [5.74, 6) is -0.345. The minimum absolute atomic E-state index is 0.0133. The smallest absolute Gasteiger partial charge is 0.417 e. The summed E-state index contributed by atoms with van der Waals surface area (Å²) in [7, 11) is -4.22. The fourth-order valence-corrected chi connectivity index (χ4v) is 3.80. The van der Waals surface area contributed by atoms with Crippen LogP contribution in [0.3, 0.4) is 0 Å². The Morgan fingerprint density at radius 1 is 0.897 bits per heavy atom. The second kappa shape index (κ2) is 8.10. The molecule has 0 radical (unpaired) electrons. The van der Waals surface area contributed by atoms with E-state index in [0.717, 1.165) is 0 Å². The Kier molecular flexibility index (Phi) is 5.92. The third kappa shape index (κ3) is 5.11. The lowest BCUT2D eigenvalue weighted by molar-refractivity contribution is -0.137. The van der Waals surface area contributed by atoms with Gasteiger partial charge < -0.3 is 8.92 Å². The number of pyridine rings is 1. The molecule has 0 spiro atoms. The molecule has 0 unspecified atom stereocenters. The highest BCUT2D eigenvalue weighted by Gasteiger charge is 2.31. The van der Waals surface area contributed by atoms with Gasteiger partial charge in [0.05, 0.1) is 10.6 Å². The molecule has 1 heterocycles. The van der Waals surface area contributed by atoms with Gasteiger partial charge in [0.15, 0.2) is 0 Å². The zero-order valence-electron chi connectivity index (χ0n) is 14.2. The molecule has 0 bridgehead atoms. The molecule has 0 fully saturated rings. The Morgan fingerprint density at radius 2 is 1.59 bits per heavy atom. The summed E-state index contributed by atoms with van der Waals surface area (Å²) in [6, 6.07) is 11.8. The highest BCUT2D eigenvalue weighted by Crippen LogP contribution is 2.35. The quantitative estimate of drug-likeness (QED) is 0.436. The van der Waals surface area contributed by atoms with E-state index in [-0.39, 0.29) is 32.3 Å². The van der Waals surface area contributed by atoms with Crippen LogP contribution in [0, 0.1) is 0 Å². The molecule has 3 rings (SSSR count). The Bertz CT molecular complexity index is 1150. The maximum atomic E-state index is 12.7. The van der Waals surface area contributed by atoms with E-state index in [1.54, 1.807) is 6.07 Å². The first kappa shape index (κ1) is 21.2. The van der Waals surface area contributed by atoms with Gasteiger partial charge in [-0.3, -0.25) is 0 Å². The van der Waals surface area contributed by atoms with Crippen LogP contribution < -0.4 is 8.92 Å². The van der Waals surface area contributed by atoms with Crippen LogP contribution in [0.2, 0.25) is 10.0 Å². The fourth-order valence-electron chi connectivity index (χ4n) is 2.18. The standard InChI is InChI=1S/C18H10Cl2F3NO4S/c19-14-6-1-2-7-16(14)29(25,26)28-13-5-3-4-12(9-13)27-17-15(20)8-11(10-24-17)18(21,22)23/h1-10H. The largest absolute Gasteiger partial charge is 0.437 e. The number of hydrogen-bond donors (Lipinski definition) is 0. The lowest BCUT2D eigenvalue weighted by Gasteiger charge is -2.11. The minimum Gasteiger partial charge on any atom is -0.437 e. The average molecular weight is 464 g/mol. The third-order valence-electron chi connectivity index (χ3n) is 3.47. The second-order valence-corrected chi connectivity index (χ2v) is 7.88. The van der Waals surface area contributed by atoms with Crippen LogP contribution in [0.25, 0.3) is 0 Å². The monoisotopic (exact) mass is 463 g/mol. The molecular weight excluding hydrogens is 454 g/mol. The Hall–Kier alpha value is -2.49. The van der Waals surface area contributed by atoms with Gasteiger partial charge in [-0.05, 0) is 30.3 Å². The molecular formula is C18H10Cl2F3NO4S. The number of alkyl halides is 3. The molecule has 0 aliphatic carbocycles. The molecule has 152 valence electrons. The molecule has 0 N–H and O–H groups in total.